The van der Waals surface area contributed by atoms with Gasteiger partial charge in [-0.3, -0.25) is 9.59 Å². The van der Waals surface area contributed by atoms with Crippen LogP contribution in [0.5, 0.6) is 0 Å². The van der Waals surface area contributed by atoms with Crippen molar-refractivity contribution in [2.24, 2.45) is 5.92 Å². The topological polar surface area (TPSA) is 43.4 Å². The summed E-state index contributed by atoms with van der Waals surface area (Å²) in [6.07, 6.45) is 0.958. The van der Waals surface area contributed by atoms with E-state index in [1.54, 1.807) is 13.8 Å². The minimum atomic E-state index is -0.679. The van der Waals surface area contributed by atoms with Crippen LogP contribution in [0, 0.1) is 5.92 Å². The summed E-state index contributed by atoms with van der Waals surface area (Å²) in [5.74, 6) is -1.23. The summed E-state index contributed by atoms with van der Waals surface area (Å²) in [7, 11) is 0. The van der Waals surface area contributed by atoms with Crippen molar-refractivity contribution in [1.82, 2.24) is 0 Å². The monoisotopic (exact) mass is 298 g/mol. The number of hydrogen-bond acceptors (Lipinski definition) is 3. The molecule has 0 spiro atoms. The van der Waals surface area contributed by atoms with Crippen molar-refractivity contribution in [2.45, 2.75) is 39.7 Å². The average molecular weight is 298 g/mol. The largest absolute Gasteiger partial charge is 0.462 e. The summed E-state index contributed by atoms with van der Waals surface area (Å²) in [5.41, 5.74) is 1.15. The van der Waals surface area contributed by atoms with Crippen LogP contribution in [0.3, 0.4) is 0 Å². The van der Waals surface area contributed by atoms with Crippen LogP contribution in [-0.2, 0) is 20.7 Å². The van der Waals surface area contributed by atoms with E-state index in [1.165, 1.54) is 17.7 Å². The minimum Gasteiger partial charge on any atom is -0.462 e. The van der Waals surface area contributed by atoms with Gasteiger partial charge in [0.05, 0.1) is 6.10 Å². The third-order valence-corrected chi connectivity index (χ3v) is 3.71. The number of carbonyl (C=O) groups is 2. The van der Waals surface area contributed by atoms with E-state index in [4.69, 9.17) is 4.74 Å². The maximum Gasteiger partial charge on any atom is 0.316 e. The molecule has 0 amide bonds. The van der Waals surface area contributed by atoms with Gasteiger partial charge in [-0.1, -0.05) is 42.5 Å². The second-order valence-corrected chi connectivity index (χ2v) is 5.83. The molecule has 0 aliphatic rings. The molecule has 3 nitrogen and oxygen atoms in total. The van der Waals surface area contributed by atoms with Crippen molar-refractivity contribution in [2.75, 3.05) is 0 Å². The Morgan fingerprint density at radius 2 is 1.73 bits per heavy atom. The SMILES string of the molecule is CC(=O)C(CCc1cccc2ccccc12)C(=O)OC(C)C. The normalized spacial score (nSPS) is 12.4. The molecule has 2 aromatic carbocycles. The molecule has 1 unspecified atom stereocenters. The van der Waals surface area contributed by atoms with Gasteiger partial charge in [0, 0.05) is 0 Å². The molecule has 2 aromatic rings. The Hall–Kier alpha value is -2.16. The van der Waals surface area contributed by atoms with Crippen molar-refractivity contribution in [3.63, 3.8) is 0 Å². The van der Waals surface area contributed by atoms with Crippen molar-refractivity contribution in [1.29, 1.82) is 0 Å². The quantitative estimate of drug-likeness (QED) is 0.599. The van der Waals surface area contributed by atoms with Crippen molar-refractivity contribution in [3.8, 4) is 0 Å². The third-order valence-electron chi connectivity index (χ3n) is 3.71. The van der Waals surface area contributed by atoms with E-state index in [0.717, 1.165) is 5.56 Å². The summed E-state index contributed by atoms with van der Waals surface area (Å²) >= 11 is 0. The predicted molar refractivity (Wildman–Crippen MR) is 87.7 cm³/mol. The fourth-order valence-electron chi connectivity index (χ4n) is 2.61. The van der Waals surface area contributed by atoms with Gasteiger partial charge in [0.2, 0.25) is 0 Å². The van der Waals surface area contributed by atoms with E-state index in [9.17, 15) is 9.59 Å². The van der Waals surface area contributed by atoms with Crippen molar-refractivity contribution in [3.05, 3.63) is 48.0 Å². The molecule has 0 saturated carbocycles. The number of rotatable bonds is 6. The van der Waals surface area contributed by atoms with Crippen molar-refractivity contribution < 1.29 is 14.3 Å². The van der Waals surface area contributed by atoms with E-state index in [1.807, 2.05) is 24.3 Å². The molecule has 1 atom stereocenters. The summed E-state index contributed by atoms with van der Waals surface area (Å²) in [6.45, 7) is 5.04. The molecule has 0 heterocycles. The van der Waals surface area contributed by atoms with Crippen LogP contribution in [0.25, 0.3) is 10.8 Å². The molecule has 0 bridgehead atoms. The van der Waals surface area contributed by atoms with E-state index in [0.29, 0.717) is 12.8 Å². The fourth-order valence-corrected chi connectivity index (χ4v) is 2.61. The Bertz CT molecular complexity index is 668. The van der Waals surface area contributed by atoms with Gasteiger partial charge in [-0.25, -0.2) is 0 Å². The highest BCUT2D eigenvalue weighted by atomic mass is 16.5. The third kappa shape index (κ3) is 3.94. The highest BCUT2D eigenvalue weighted by molar-refractivity contribution is 5.97. The molecular weight excluding hydrogens is 276 g/mol. The minimum absolute atomic E-state index is 0.133. The molecular formula is C19H22O3. The number of ketones is 1. The van der Waals surface area contributed by atoms with E-state index >= 15 is 0 Å². The van der Waals surface area contributed by atoms with E-state index in [2.05, 4.69) is 18.2 Å². The molecule has 0 aliphatic heterocycles. The second-order valence-electron chi connectivity index (χ2n) is 5.83. The van der Waals surface area contributed by atoms with Gasteiger partial charge in [0.15, 0.2) is 0 Å². The molecule has 0 N–H and O–H groups in total. The zero-order valence-corrected chi connectivity index (χ0v) is 13.3. The predicted octanol–water partition coefficient (Wildman–Crippen LogP) is 3.93. The molecule has 0 aliphatic carbocycles. The molecule has 22 heavy (non-hydrogen) atoms. The first-order valence-electron chi connectivity index (χ1n) is 7.66. The zero-order chi connectivity index (χ0) is 16.1. The molecule has 0 saturated heterocycles. The number of carbonyl (C=O) groups excluding carboxylic acids is 2. The van der Waals surface area contributed by atoms with Crippen LogP contribution in [0.2, 0.25) is 0 Å². The molecule has 116 valence electrons. The first kappa shape index (κ1) is 16.2. The van der Waals surface area contributed by atoms with Gasteiger partial charge in [-0.15, -0.1) is 0 Å². The molecule has 3 heteroatoms. The number of fused-ring (bicyclic) bond motifs is 1. The summed E-state index contributed by atoms with van der Waals surface area (Å²) < 4.78 is 5.19. The van der Waals surface area contributed by atoms with Gasteiger partial charge < -0.3 is 4.74 Å². The van der Waals surface area contributed by atoms with Gasteiger partial charge >= 0.3 is 5.97 Å². The van der Waals surface area contributed by atoms with Crippen molar-refractivity contribution >= 4 is 22.5 Å². The lowest BCUT2D eigenvalue weighted by atomic mass is 9.93. The van der Waals surface area contributed by atoms with Gasteiger partial charge in [0.1, 0.15) is 11.7 Å². The number of ether oxygens (including phenoxy) is 1. The first-order chi connectivity index (χ1) is 10.5. The molecule has 0 radical (unpaired) electrons. The summed E-state index contributed by atoms with van der Waals surface area (Å²) in [4.78, 5) is 23.8. The highest BCUT2D eigenvalue weighted by Gasteiger charge is 2.25. The Balaban J connectivity index is 2.15. The van der Waals surface area contributed by atoms with Gasteiger partial charge in [-0.05, 0) is 49.9 Å². The smallest absolute Gasteiger partial charge is 0.316 e. The van der Waals surface area contributed by atoms with Crippen LogP contribution in [0.15, 0.2) is 42.5 Å². The van der Waals surface area contributed by atoms with Crippen LogP contribution in [-0.4, -0.2) is 17.9 Å². The highest BCUT2D eigenvalue weighted by Crippen LogP contribution is 2.22. The van der Waals surface area contributed by atoms with Crippen LogP contribution >= 0.6 is 0 Å². The lowest BCUT2D eigenvalue weighted by molar-refractivity contribution is -0.155. The van der Waals surface area contributed by atoms with Crippen LogP contribution in [0.4, 0.5) is 0 Å². The molecule has 2 rings (SSSR count). The maximum absolute atomic E-state index is 12.0. The summed E-state index contributed by atoms with van der Waals surface area (Å²) in [5, 5.41) is 2.34. The average Bonchev–Trinajstić information content (AvgIpc) is 2.46. The zero-order valence-electron chi connectivity index (χ0n) is 13.3. The number of Topliss-reactive ketones (excluding diaryl/α,β-unsaturated/α-hetero) is 1. The van der Waals surface area contributed by atoms with Gasteiger partial charge in [-0.2, -0.15) is 0 Å². The number of benzene rings is 2. The lowest BCUT2D eigenvalue weighted by Crippen LogP contribution is -2.27. The molecule has 0 aromatic heterocycles. The van der Waals surface area contributed by atoms with Crippen LogP contribution < -0.4 is 0 Å². The number of hydrogen-bond donors (Lipinski definition) is 0. The van der Waals surface area contributed by atoms with E-state index in [-0.39, 0.29) is 11.9 Å². The fraction of sp³-hybridized carbons (Fsp3) is 0.368. The Kier molecular flexibility index (Phi) is 5.31. The summed E-state index contributed by atoms with van der Waals surface area (Å²) in [6, 6.07) is 14.3. The number of aryl methyl sites for hydroxylation is 1. The first-order valence-corrected chi connectivity index (χ1v) is 7.66. The Morgan fingerprint density at radius 3 is 2.41 bits per heavy atom. The Labute approximate surface area is 131 Å². The second kappa shape index (κ2) is 7.21. The Morgan fingerprint density at radius 1 is 1.05 bits per heavy atom. The molecule has 0 fully saturated rings. The number of esters is 1. The standard InChI is InChI=1S/C19H22O3/c1-13(2)22-19(21)17(14(3)20)12-11-16-9-6-8-15-7-4-5-10-18(15)16/h4-10,13,17H,11-12H2,1-3H3. The lowest BCUT2D eigenvalue weighted by Gasteiger charge is -2.16. The maximum atomic E-state index is 12.0. The van der Waals surface area contributed by atoms with Gasteiger partial charge in [0.25, 0.3) is 0 Å². The van der Waals surface area contributed by atoms with Crippen LogP contribution in [0.1, 0.15) is 32.8 Å². The van der Waals surface area contributed by atoms with E-state index < -0.39 is 11.9 Å².